The van der Waals surface area contributed by atoms with Gasteiger partial charge in [0.2, 0.25) is 0 Å². The summed E-state index contributed by atoms with van der Waals surface area (Å²) in [6.07, 6.45) is 3.25. The molecule has 0 saturated carbocycles. The predicted molar refractivity (Wildman–Crippen MR) is 171 cm³/mol. The van der Waals surface area contributed by atoms with Crippen LogP contribution in [0.1, 0.15) is 22.3 Å². The zero-order valence-corrected chi connectivity index (χ0v) is 26.6. The molecule has 2 aromatic heterocycles. The summed E-state index contributed by atoms with van der Waals surface area (Å²) in [5, 5.41) is 0. The van der Waals surface area contributed by atoms with E-state index in [2.05, 4.69) is 70.2 Å². The van der Waals surface area contributed by atoms with Gasteiger partial charge >= 0.3 is 20.1 Å². The minimum Gasteiger partial charge on any atom is -0.326 e. The van der Waals surface area contributed by atoms with E-state index >= 15 is 0 Å². The molecule has 6 nitrogen and oxygen atoms in total. The van der Waals surface area contributed by atoms with Crippen molar-refractivity contribution in [3.63, 3.8) is 0 Å². The quantitative estimate of drug-likeness (QED) is 0.188. The zero-order chi connectivity index (χ0) is 29.3. The van der Waals surface area contributed by atoms with E-state index in [1.165, 1.54) is 0 Å². The topological polar surface area (TPSA) is 104 Å². The summed E-state index contributed by atoms with van der Waals surface area (Å²) in [5.41, 5.74) is 24.2. The van der Waals surface area contributed by atoms with Crippen LogP contribution in [0.4, 0.5) is 0 Å². The van der Waals surface area contributed by atoms with E-state index < -0.39 is 0 Å². The molecule has 0 fully saturated rings. The minimum absolute atomic E-state index is 0. The van der Waals surface area contributed by atoms with Crippen molar-refractivity contribution >= 4 is 0 Å². The smallest absolute Gasteiger partial charge is 0.326 e. The third-order valence-corrected chi connectivity index (χ3v) is 7.25. The Kier molecular flexibility index (Phi) is 11.1. The Balaban J connectivity index is 0.000000192. The number of aromatic nitrogens is 4. The van der Waals surface area contributed by atoms with Gasteiger partial charge in [-0.15, -0.1) is 0 Å². The van der Waals surface area contributed by atoms with Gasteiger partial charge in [-0.05, 0) is 25.0 Å². The summed E-state index contributed by atoms with van der Waals surface area (Å²) in [5.74, 6) is 0. The molecule has 6 aromatic rings. The molecule has 0 atom stereocenters. The summed E-state index contributed by atoms with van der Waals surface area (Å²) in [7, 11) is 0. The average molecular weight is 743 g/mol. The van der Waals surface area contributed by atoms with Gasteiger partial charge in [0.05, 0.1) is 22.8 Å². The average Bonchev–Trinajstić information content (AvgIpc) is 3.06. The Bertz CT molecular complexity index is 1640. The van der Waals surface area contributed by atoms with E-state index in [9.17, 15) is 0 Å². The van der Waals surface area contributed by atoms with Crippen LogP contribution in [-0.2, 0) is 33.2 Å². The Morgan fingerprint density at radius 2 is 0.767 bits per heavy atom. The van der Waals surface area contributed by atoms with Gasteiger partial charge in [-0.3, -0.25) is 0 Å². The summed E-state index contributed by atoms with van der Waals surface area (Å²) in [4.78, 5) is 17.8. The molecule has 0 aliphatic rings. The number of rotatable bonds is 6. The van der Waals surface area contributed by atoms with E-state index in [-0.39, 0.29) is 20.1 Å². The molecule has 0 aliphatic carbocycles. The van der Waals surface area contributed by atoms with Crippen LogP contribution in [0.15, 0.2) is 122 Å². The van der Waals surface area contributed by atoms with Crippen molar-refractivity contribution in [1.29, 1.82) is 0 Å². The molecule has 0 spiro atoms. The molecule has 0 bridgehead atoms. The maximum atomic E-state index is 5.84. The first-order chi connectivity index (χ1) is 20.6. The van der Waals surface area contributed by atoms with Crippen molar-refractivity contribution in [3.8, 4) is 45.0 Å². The molecular formula is C36H34IrN6+3. The van der Waals surface area contributed by atoms with Gasteiger partial charge in [-0.2, -0.15) is 0 Å². The molecule has 6 rings (SSSR count). The van der Waals surface area contributed by atoms with Crippen molar-refractivity contribution in [1.82, 2.24) is 19.9 Å². The van der Waals surface area contributed by atoms with Crippen molar-refractivity contribution in [2.24, 2.45) is 11.5 Å². The number of hydrogen-bond donors (Lipinski definition) is 2. The first-order valence-corrected chi connectivity index (χ1v) is 13.9. The van der Waals surface area contributed by atoms with Crippen molar-refractivity contribution in [3.05, 3.63) is 144 Å². The summed E-state index contributed by atoms with van der Waals surface area (Å²) in [6, 6.07) is 36.6. The molecule has 0 unspecified atom stereocenters. The Hall–Kier alpha value is -4.39. The first kappa shape index (κ1) is 31.5. The van der Waals surface area contributed by atoms with Gasteiger partial charge in [-0.25, -0.2) is 19.9 Å². The summed E-state index contributed by atoms with van der Waals surface area (Å²) in [6.45, 7) is 5.12. The maximum Gasteiger partial charge on any atom is 3.00 e. The van der Waals surface area contributed by atoms with E-state index in [0.29, 0.717) is 13.1 Å². The van der Waals surface area contributed by atoms with E-state index in [1.807, 2.05) is 72.8 Å². The third kappa shape index (κ3) is 7.16. The first-order valence-electron chi connectivity index (χ1n) is 13.9. The van der Waals surface area contributed by atoms with Crippen molar-refractivity contribution in [2.75, 3.05) is 0 Å². The standard InChI is InChI=1S/2C18H17N3.Ir/c2*1-13-17(14-7-3-2-4-8-14)20-12-21-18(13)16-10-6-5-9-15(16)11-19;/h2*2-10,12H,11,19H2,1H3;/q;;+3. The number of hydrogen-bond acceptors (Lipinski definition) is 6. The molecule has 214 valence electrons. The Morgan fingerprint density at radius 1 is 0.442 bits per heavy atom. The van der Waals surface area contributed by atoms with Gasteiger partial charge in [-0.1, -0.05) is 109 Å². The van der Waals surface area contributed by atoms with Crippen LogP contribution < -0.4 is 11.5 Å². The van der Waals surface area contributed by atoms with E-state index in [1.54, 1.807) is 12.7 Å². The van der Waals surface area contributed by atoms with Gasteiger partial charge in [0.25, 0.3) is 0 Å². The maximum absolute atomic E-state index is 5.84. The second-order valence-corrected chi connectivity index (χ2v) is 9.85. The molecule has 43 heavy (non-hydrogen) atoms. The third-order valence-electron chi connectivity index (χ3n) is 7.25. The molecule has 0 saturated heterocycles. The van der Waals surface area contributed by atoms with E-state index in [0.717, 1.165) is 67.3 Å². The molecule has 0 radical (unpaired) electrons. The van der Waals surface area contributed by atoms with Crippen LogP contribution in [0.25, 0.3) is 45.0 Å². The van der Waals surface area contributed by atoms with Crippen LogP contribution in [0.3, 0.4) is 0 Å². The monoisotopic (exact) mass is 743 g/mol. The fraction of sp³-hybridized carbons (Fsp3) is 0.111. The molecule has 0 amide bonds. The number of benzene rings is 4. The van der Waals surface area contributed by atoms with Crippen LogP contribution in [-0.4, -0.2) is 19.9 Å². The van der Waals surface area contributed by atoms with Crippen molar-refractivity contribution in [2.45, 2.75) is 26.9 Å². The number of nitrogens with two attached hydrogens (primary N) is 2. The predicted octanol–water partition coefficient (Wildman–Crippen LogP) is 7.15. The van der Waals surface area contributed by atoms with Gasteiger partial charge < -0.3 is 11.5 Å². The van der Waals surface area contributed by atoms with E-state index in [4.69, 9.17) is 11.5 Å². The number of nitrogens with zero attached hydrogens (tertiary/aromatic N) is 4. The molecule has 7 heteroatoms. The molecule has 0 aliphatic heterocycles. The largest absolute Gasteiger partial charge is 3.00 e. The van der Waals surface area contributed by atoms with Gasteiger partial charge in [0.15, 0.2) is 0 Å². The SMILES string of the molecule is Cc1c(-c2ccccc2)ncnc1-c1ccccc1CN.Cc1c(-c2ccccc2)ncnc1-c1ccccc1CN.[Ir+3]. The molecule has 2 heterocycles. The fourth-order valence-electron chi connectivity index (χ4n) is 5.08. The fourth-order valence-corrected chi connectivity index (χ4v) is 5.08. The minimum atomic E-state index is 0. The van der Waals surface area contributed by atoms with Gasteiger partial charge in [0.1, 0.15) is 12.7 Å². The van der Waals surface area contributed by atoms with Crippen LogP contribution in [0.2, 0.25) is 0 Å². The molecule has 4 aromatic carbocycles. The normalized spacial score (nSPS) is 10.3. The summed E-state index contributed by atoms with van der Waals surface area (Å²) >= 11 is 0. The zero-order valence-electron chi connectivity index (χ0n) is 24.2. The molecular weight excluding hydrogens is 709 g/mol. The second-order valence-electron chi connectivity index (χ2n) is 9.85. The molecule has 4 N–H and O–H groups in total. The summed E-state index contributed by atoms with van der Waals surface area (Å²) < 4.78 is 0. The van der Waals surface area contributed by atoms with Crippen LogP contribution in [0.5, 0.6) is 0 Å². The Morgan fingerprint density at radius 3 is 1.14 bits per heavy atom. The van der Waals surface area contributed by atoms with Crippen LogP contribution in [0, 0.1) is 13.8 Å². The second kappa shape index (κ2) is 15.2. The van der Waals surface area contributed by atoms with Gasteiger partial charge in [0, 0.05) is 46.5 Å². The van der Waals surface area contributed by atoms with Crippen molar-refractivity contribution < 1.29 is 20.1 Å². The Labute approximate surface area is 266 Å². The van der Waals surface area contributed by atoms with Crippen LogP contribution >= 0.6 is 0 Å².